The fourth-order valence-electron chi connectivity index (χ4n) is 2.15. The summed E-state index contributed by atoms with van der Waals surface area (Å²) in [6, 6.07) is 9.75. The SMILES string of the molecule is NC(=S)CCN(C(=O)C1CCSC1)c1ccccc1. The number of carbonyl (C=O) groups excluding carboxylic acids is 1. The van der Waals surface area contributed by atoms with Crippen molar-refractivity contribution >= 4 is 40.6 Å². The number of carbonyl (C=O) groups is 1. The minimum Gasteiger partial charge on any atom is -0.393 e. The number of hydrogen-bond donors (Lipinski definition) is 1. The minimum atomic E-state index is 0.136. The van der Waals surface area contributed by atoms with E-state index < -0.39 is 0 Å². The number of benzene rings is 1. The van der Waals surface area contributed by atoms with E-state index in [0.29, 0.717) is 18.0 Å². The Morgan fingerprint density at radius 3 is 2.74 bits per heavy atom. The Morgan fingerprint density at radius 1 is 1.42 bits per heavy atom. The second-order valence-corrected chi connectivity index (χ2v) is 6.28. The van der Waals surface area contributed by atoms with Gasteiger partial charge in [0.25, 0.3) is 0 Å². The highest BCUT2D eigenvalue weighted by Gasteiger charge is 2.28. The van der Waals surface area contributed by atoms with E-state index >= 15 is 0 Å². The van der Waals surface area contributed by atoms with Crippen molar-refractivity contribution < 1.29 is 4.79 Å². The fourth-order valence-corrected chi connectivity index (χ4v) is 3.45. The van der Waals surface area contributed by atoms with E-state index in [-0.39, 0.29) is 11.8 Å². The summed E-state index contributed by atoms with van der Waals surface area (Å²) in [5.74, 6) is 2.34. The first kappa shape index (κ1) is 14.3. The molecule has 1 amide bonds. The molecule has 0 radical (unpaired) electrons. The van der Waals surface area contributed by atoms with E-state index in [1.165, 1.54) is 0 Å². The number of nitrogens with zero attached hydrogens (tertiary/aromatic N) is 1. The zero-order chi connectivity index (χ0) is 13.7. The summed E-state index contributed by atoms with van der Waals surface area (Å²) < 4.78 is 0. The van der Waals surface area contributed by atoms with E-state index in [1.54, 1.807) is 0 Å². The predicted octanol–water partition coefficient (Wildman–Crippen LogP) is 2.45. The van der Waals surface area contributed by atoms with Crippen LogP contribution in [0.1, 0.15) is 12.8 Å². The molecule has 0 aromatic heterocycles. The zero-order valence-electron chi connectivity index (χ0n) is 10.7. The van der Waals surface area contributed by atoms with Crippen LogP contribution in [0, 0.1) is 5.92 Å². The number of amides is 1. The number of para-hydroxylation sites is 1. The van der Waals surface area contributed by atoms with Crippen LogP contribution in [0.3, 0.4) is 0 Å². The molecule has 1 fully saturated rings. The van der Waals surface area contributed by atoms with Gasteiger partial charge in [-0.05, 0) is 24.3 Å². The second-order valence-electron chi connectivity index (χ2n) is 4.60. The van der Waals surface area contributed by atoms with Gasteiger partial charge in [0.15, 0.2) is 0 Å². The van der Waals surface area contributed by atoms with Crippen LogP contribution in [0.5, 0.6) is 0 Å². The lowest BCUT2D eigenvalue weighted by atomic mass is 10.1. The quantitative estimate of drug-likeness (QED) is 0.847. The first-order valence-corrected chi connectivity index (χ1v) is 7.97. The van der Waals surface area contributed by atoms with Crippen molar-refractivity contribution in [2.75, 3.05) is 23.0 Å². The van der Waals surface area contributed by atoms with Gasteiger partial charge in [0.05, 0.1) is 4.99 Å². The molecule has 1 unspecified atom stereocenters. The van der Waals surface area contributed by atoms with Crippen LogP contribution >= 0.6 is 24.0 Å². The molecule has 3 nitrogen and oxygen atoms in total. The molecule has 0 saturated carbocycles. The normalized spacial score (nSPS) is 18.2. The molecule has 1 aliphatic heterocycles. The average molecular weight is 294 g/mol. The lowest BCUT2D eigenvalue weighted by Crippen LogP contribution is -2.38. The average Bonchev–Trinajstić information content (AvgIpc) is 2.93. The monoisotopic (exact) mass is 294 g/mol. The Balaban J connectivity index is 2.13. The van der Waals surface area contributed by atoms with Gasteiger partial charge < -0.3 is 10.6 Å². The Kier molecular flexibility index (Phi) is 5.22. The molecule has 1 atom stereocenters. The van der Waals surface area contributed by atoms with E-state index in [2.05, 4.69) is 0 Å². The van der Waals surface area contributed by atoms with E-state index in [9.17, 15) is 4.79 Å². The minimum absolute atomic E-state index is 0.136. The highest BCUT2D eigenvalue weighted by Crippen LogP contribution is 2.27. The van der Waals surface area contributed by atoms with Crippen LogP contribution in [0.25, 0.3) is 0 Å². The van der Waals surface area contributed by atoms with Gasteiger partial charge in [-0.15, -0.1) is 0 Å². The van der Waals surface area contributed by atoms with Crippen LogP contribution in [-0.4, -0.2) is 28.9 Å². The Hall–Kier alpha value is -1.07. The largest absolute Gasteiger partial charge is 0.393 e. The summed E-state index contributed by atoms with van der Waals surface area (Å²) in [5.41, 5.74) is 6.49. The molecule has 0 spiro atoms. The maximum absolute atomic E-state index is 12.6. The maximum atomic E-state index is 12.6. The predicted molar refractivity (Wildman–Crippen MR) is 85.6 cm³/mol. The molecule has 1 aromatic carbocycles. The number of thioether (sulfide) groups is 1. The Labute approximate surface area is 123 Å². The van der Waals surface area contributed by atoms with Crippen molar-refractivity contribution in [3.63, 3.8) is 0 Å². The summed E-state index contributed by atoms with van der Waals surface area (Å²) in [5, 5.41) is 0. The number of hydrogen-bond acceptors (Lipinski definition) is 3. The van der Waals surface area contributed by atoms with Crippen LogP contribution in [0.2, 0.25) is 0 Å². The Bertz CT molecular complexity index is 444. The van der Waals surface area contributed by atoms with Gasteiger partial charge in [-0.25, -0.2) is 0 Å². The lowest BCUT2D eigenvalue weighted by molar-refractivity contribution is -0.121. The van der Waals surface area contributed by atoms with E-state index in [4.69, 9.17) is 18.0 Å². The van der Waals surface area contributed by atoms with Crippen LogP contribution in [-0.2, 0) is 4.79 Å². The van der Waals surface area contributed by atoms with Gasteiger partial charge in [-0.3, -0.25) is 4.79 Å². The van der Waals surface area contributed by atoms with Crippen molar-refractivity contribution in [2.45, 2.75) is 12.8 Å². The van der Waals surface area contributed by atoms with Crippen molar-refractivity contribution in [1.29, 1.82) is 0 Å². The number of anilines is 1. The standard InChI is InChI=1S/C14H18N2OS2/c15-13(18)6-8-16(12-4-2-1-3-5-12)14(17)11-7-9-19-10-11/h1-5,11H,6-10H2,(H2,15,18). The van der Waals surface area contributed by atoms with Gasteiger partial charge in [0.1, 0.15) is 0 Å². The van der Waals surface area contributed by atoms with E-state index in [0.717, 1.165) is 23.6 Å². The Morgan fingerprint density at radius 2 is 2.16 bits per heavy atom. The van der Waals surface area contributed by atoms with Crippen molar-refractivity contribution in [1.82, 2.24) is 0 Å². The van der Waals surface area contributed by atoms with Crippen molar-refractivity contribution in [3.8, 4) is 0 Å². The highest BCUT2D eigenvalue weighted by atomic mass is 32.2. The number of rotatable bonds is 5. The molecular formula is C14H18N2OS2. The summed E-state index contributed by atoms with van der Waals surface area (Å²) >= 11 is 6.77. The van der Waals surface area contributed by atoms with Crippen molar-refractivity contribution in [2.24, 2.45) is 11.7 Å². The molecule has 1 aliphatic rings. The van der Waals surface area contributed by atoms with Crippen LogP contribution < -0.4 is 10.6 Å². The highest BCUT2D eigenvalue weighted by molar-refractivity contribution is 7.99. The third kappa shape index (κ3) is 3.94. The number of thiocarbonyl (C=S) groups is 1. The van der Waals surface area contributed by atoms with Gasteiger partial charge in [-0.2, -0.15) is 11.8 Å². The molecule has 2 rings (SSSR count). The van der Waals surface area contributed by atoms with Gasteiger partial charge >= 0.3 is 0 Å². The summed E-state index contributed by atoms with van der Waals surface area (Å²) in [4.78, 5) is 14.9. The molecular weight excluding hydrogens is 276 g/mol. The van der Waals surface area contributed by atoms with Gasteiger partial charge in [-0.1, -0.05) is 30.4 Å². The van der Waals surface area contributed by atoms with Gasteiger partial charge in [0, 0.05) is 30.3 Å². The third-order valence-electron chi connectivity index (χ3n) is 3.19. The molecule has 19 heavy (non-hydrogen) atoms. The topological polar surface area (TPSA) is 46.3 Å². The molecule has 102 valence electrons. The number of nitrogens with two attached hydrogens (primary N) is 1. The zero-order valence-corrected chi connectivity index (χ0v) is 12.4. The smallest absolute Gasteiger partial charge is 0.230 e. The summed E-state index contributed by atoms with van der Waals surface area (Å²) in [7, 11) is 0. The molecule has 0 bridgehead atoms. The molecule has 1 saturated heterocycles. The van der Waals surface area contributed by atoms with Crippen LogP contribution in [0.15, 0.2) is 30.3 Å². The molecule has 1 aromatic rings. The van der Waals surface area contributed by atoms with Crippen molar-refractivity contribution in [3.05, 3.63) is 30.3 Å². The molecule has 0 aliphatic carbocycles. The molecule has 1 heterocycles. The third-order valence-corrected chi connectivity index (χ3v) is 4.56. The summed E-state index contributed by atoms with van der Waals surface area (Å²) in [6.45, 7) is 0.569. The molecule has 2 N–H and O–H groups in total. The first-order valence-electron chi connectivity index (χ1n) is 6.41. The maximum Gasteiger partial charge on any atom is 0.230 e. The first-order chi connectivity index (χ1) is 9.18. The summed E-state index contributed by atoms with van der Waals surface area (Å²) in [6.07, 6.45) is 1.54. The van der Waals surface area contributed by atoms with Crippen LogP contribution in [0.4, 0.5) is 5.69 Å². The lowest BCUT2D eigenvalue weighted by Gasteiger charge is -2.25. The molecule has 5 heteroatoms. The van der Waals surface area contributed by atoms with Gasteiger partial charge in [0.2, 0.25) is 5.91 Å². The second kappa shape index (κ2) is 6.91. The van der Waals surface area contributed by atoms with E-state index in [1.807, 2.05) is 47.0 Å². The fraction of sp³-hybridized carbons (Fsp3) is 0.429.